The topological polar surface area (TPSA) is 49.3 Å². The average molecular weight is 334 g/mol. The molecule has 0 fully saturated rings. The molecule has 0 atom stereocenters. The summed E-state index contributed by atoms with van der Waals surface area (Å²) in [6.45, 7) is 6.11. The maximum atomic E-state index is 13.6. The first-order chi connectivity index (χ1) is 11.2. The molecule has 0 unspecified atom stereocenters. The van der Waals surface area contributed by atoms with Crippen LogP contribution in [0.15, 0.2) is 35.5 Å². The molecule has 2 rings (SSSR count). The van der Waals surface area contributed by atoms with E-state index in [-0.39, 0.29) is 5.82 Å². The van der Waals surface area contributed by atoms with Crippen molar-refractivity contribution in [1.82, 2.24) is 15.6 Å². The van der Waals surface area contributed by atoms with Crippen molar-refractivity contribution >= 4 is 17.3 Å². The Hall–Kier alpha value is -1.95. The second-order valence-corrected chi connectivity index (χ2v) is 6.24. The van der Waals surface area contributed by atoms with E-state index in [4.69, 9.17) is 0 Å². The standard InChI is InChI=1S/C17H23FN4S/c1-3-14-11-21-16(23-14)12-22-17(19-4-2)20-10-9-13-7-5-6-8-15(13)18/h5-8,11H,3-4,9-10,12H2,1-2H3,(H2,19,20,22). The van der Waals surface area contributed by atoms with Crippen molar-refractivity contribution in [3.05, 3.63) is 51.7 Å². The van der Waals surface area contributed by atoms with Crippen LogP contribution in [-0.2, 0) is 19.4 Å². The van der Waals surface area contributed by atoms with E-state index in [0.717, 1.165) is 23.9 Å². The first-order valence-electron chi connectivity index (χ1n) is 7.92. The summed E-state index contributed by atoms with van der Waals surface area (Å²) in [4.78, 5) is 10.2. The van der Waals surface area contributed by atoms with E-state index >= 15 is 0 Å². The summed E-state index contributed by atoms with van der Waals surface area (Å²) in [7, 11) is 0. The van der Waals surface area contributed by atoms with Crippen LogP contribution in [0.3, 0.4) is 0 Å². The lowest BCUT2D eigenvalue weighted by Gasteiger charge is -2.11. The van der Waals surface area contributed by atoms with Gasteiger partial charge in [0.05, 0.1) is 6.54 Å². The van der Waals surface area contributed by atoms with Crippen molar-refractivity contribution in [2.75, 3.05) is 13.1 Å². The first kappa shape index (κ1) is 17.4. The predicted molar refractivity (Wildman–Crippen MR) is 94.4 cm³/mol. The van der Waals surface area contributed by atoms with Crippen LogP contribution in [0, 0.1) is 5.82 Å². The molecule has 6 heteroatoms. The highest BCUT2D eigenvalue weighted by Crippen LogP contribution is 2.14. The number of nitrogens with one attached hydrogen (secondary N) is 2. The first-order valence-corrected chi connectivity index (χ1v) is 8.73. The number of benzene rings is 1. The van der Waals surface area contributed by atoms with Gasteiger partial charge in [0.1, 0.15) is 10.8 Å². The third-order valence-electron chi connectivity index (χ3n) is 3.31. The van der Waals surface area contributed by atoms with Gasteiger partial charge in [-0.1, -0.05) is 25.1 Å². The number of aromatic nitrogens is 1. The molecule has 1 aromatic carbocycles. The van der Waals surface area contributed by atoms with Crippen LogP contribution >= 0.6 is 11.3 Å². The van der Waals surface area contributed by atoms with E-state index < -0.39 is 0 Å². The number of thiazole rings is 1. The quantitative estimate of drug-likeness (QED) is 0.604. The van der Waals surface area contributed by atoms with E-state index in [1.54, 1.807) is 17.4 Å². The fourth-order valence-corrected chi connectivity index (χ4v) is 2.88. The highest BCUT2D eigenvalue weighted by atomic mass is 32.1. The summed E-state index contributed by atoms with van der Waals surface area (Å²) in [5, 5.41) is 7.44. The molecule has 4 nitrogen and oxygen atoms in total. The van der Waals surface area contributed by atoms with Crippen molar-refractivity contribution in [2.45, 2.75) is 33.2 Å². The van der Waals surface area contributed by atoms with Gasteiger partial charge in [0.2, 0.25) is 0 Å². The van der Waals surface area contributed by atoms with Crippen LogP contribution in [0.4, 0.5) is 4.39 Å². The molecular weight excluding hydrogens is 311 g/mol. The van der Waals surface area contributed by atoms with Crippen molar-refractivity contribution < 1.29 is 4.39 Å². The normalized spacial score (nSPS) is 11.5. The molecule has 1 aromatic heterocycles. The van der Waals surface area contributed by atoms with E-state index in [2.05, 4.69) is 27.5 Å². The number of hydrogen-bond acceptors (Lipinski definition) is 3. The molecule has 0 bridgehead atoms. The molecule has 0 saturated heterocycles. The number of aliphatic imine (C=N–C) groups is 1. The molecule has 0 spiro atoms. The highest BCUT2D eigenvalue weighted by Gasteiger charge is 2.03. The van der Waals surface area contributed by atoms with Gasteiger partial charge in [0, 0.05) is 24.2 Å². The van der Waals surface area contributed by atoms with Crippen LogP contribution in [0.1, 0.15) is 29.3 Å². The van der Waals surface area contributed by atoms with Crippen molar-refractivity contribution in [2.24, 2.45) is 4.99 Å². The fourth-order valence-electron chi connectivity index (χ4n) is 2.09. The van der Waals surface area contributed by atoms with Gasteiger partial charge >= 0.3 is 0 Å². The largest absolute Gasteiger partial charge is 0.357 e. The molecule has 1 heterocycles. The molecule has 23 heavy (non-hydrogen) atoms. The van der Waals surface area contributed by atoms with Gasteiger partial charge in [0.25, 0.3) is 0 Å². The van der Waals surface area contributed by atoms with Crippen LogP contribution in [0.5, 0.6) is 0 Å². The van der Waals surface area contributed by atoms with Crippen LogP contribution in [0.25, 0.3) is 0 Å². The molecule has 2 aromatic rings. The van der Waals surface area contributed by atoms with Crippen molar-refractivity contribution in [3.8, 4) is 0 Å². The van der Waals surface area contributed by atoms with Crippen molar-refractivity contribution in [1.29, 1.82) is 0 Å². The third-order valence-corrected chi connectivity index (χ3v) is 4.44. The van der Waals surface area contributed by atoms with Crippen LogP contribution < -0.4 is 10.6 Å². The summed E-state index contributed by atoms with van der Waals surface area (Å²) in [5.74, 6) is 0.572. The van der Waals surface area contributed by atoms with Crippen LogP contribution in [-0.4, -0.2) is 24.0 Å². The smallest absolute Gasteiger partial charge is 0.191 e. The van der Waals surface area contributed by atoms with Gasteiger partial charge in [-0.2, -0.15) is 0 Å². The molecule has 2 N–H and O–H groups in total. The molecule has 0 amide bonds. The minimum atomic E-state index is -0.161. The minimum Gasteiger partial charge on any atom is -0.357 e. The van der Waals surface area contributed by atoms with Gasteiger partial charge < -0.3 is 10.6 Å². The predicted octanol–water partition coefficient (Wildman–Crippen LogP) is 3.14. The maximum absolute atomic E-state index is 13.6. The molecule has 0 radical (unpaired) electrons. The lowest BCUT2D eigenvalue weighted by Crippen LogP contribution is -2.38. The maximum Gasteiger partial charge on any atom is 0.191 e. The Labute approximate surface area is 140 Å². The molecule has 0 saturated carbocycles. The van der Waals surface area contributed by atoms with Gasteiger partial charge in [-0.15, -0.1) is 11.3 Å². The van der Waals surface area contributed by atoms with Crippen LogP contribution in [0.2, 0.25) is 0 Å². The van der Waals surface area contributed by atoms with E-state index in [1.807, 2.05) is 25.3 Å². The number of aryl methyl sites for hydroxylation is 1. The Balaban J connectivity index is 1.87. The highest BCUT2D eigenvalue weighted by molar-refractivity contribution is 7.11. The number of rotatable bonds is 7. The Kier molecular flexibility index (Phi) is 7.00. The summed E-state index contributed by atoms with van der Waals surface area (Å²) >= 11 is 1.69. The second kappa shape index (κ2) is 9.25. The van der Waals surface area contributed by atoms with E-state index in [1.165, 1.54) is 10.9 Å². The number of halogens is 1. The Morgan fingerprint density at radius 3 is 2.78 bits per heavy atom. The number of nitrogens with zero attached hydrogens (tertiary/aromatic N) is 2. The average Bonchev–Trinajstić information content (AvgIpc) is 3.02. The summed E-state index contributed by atoms with van der Waals surface area (Å²) in [5.41, 5.74) is 0.711. The van der Waals surface area contributed by atoms with E-state index in [0.29, 0.717) is 25.1 Å². The molecule has 0 aliphatic heterocycles. The van der Waals surface area contributed by atoms with Crippen molar-refractivity contribution in [3.63, 3.8) is 0 Å². The Morgan fingerprint density at radius 2 is 2.09 bits per heavy atom. The molecule has 0 aliphatic rings. The summed E-state index contributed by atoms with van der Waals surface area (Å²) < 4.78 is 13.6. The fraction of sp³-hybridized carbons (Fsp3) is 0.412. The van der Waals surface area contributed by atoms with Gasteiger partial charge in [0.15, 0.2) is 5.96 Å². The number of hydrogen-bond donors (Lipinski definition) is 2. The zero-order valence-electron chi connectivity index (χ0n) is 13.6. The van der Waals surface area contributed by atoms with Gasteiger partial charge in [-0.3, -0.25) is 0 Å². The Bertz CT molecular complexity index is 639. The lowest BCUT2D eigenvalue weighted by molar-refractivity contribution is 0.606. The zero-order valence-corrected chi connectivity index (χ0v) is 14.4. The summed E-state index contributed by atoms with van der Waals surface area (Å²) in [6.07, 6.45) is 3.53. The lowest BCUT2D eigenvalue weighted by atomic mass is 10.1. The minimum absolute atomic E-state index is 0.161. The molecular formula is C17H23FN4S. The SMILES string of the molecule is CCNC(=NCc1ncc(CC)s1)NCCc1ccccc1F. The van der Waals surface area contributed by atoms with E-state index in [9.17, 15) is 4.39 Å². The Morgan fingerprint density at radius 1 is 1.26 bits per heavy atom. The zero-order chi connectivity index (χ0) is 16.5. The van der Waals surface area contributed by atoms with Gasteiger partial charge in [-0.25, -0.2) is 14.4 Å². The third kappa shape index (κ3) is 5.63. The second-order valence-electron chi connectivity index (χ2n) is 5.04. The summed E-state index contributed by atoms with van der Waals surface area (Å²) in [6, 6.07) is 6.85. The number of guanidine groups is 1. The monoisotopic (exact) mass is 334 g/mol. The molecule has 0 aliphatic carbocycles. The van der Waals surface area contributed by atoms with Gasteiger partial charge in [-0.05, 0) is 31.4 Å². The molecule has 124 valence electrons.